The topological polar surface area (TPSA) is 35.5 Å². The van der Waals surface area contributed by atoms with Crippen LogP contribution in [0, 0.1) is 0 Å². The fourth-order valence-electron chi connectivity index (χ4n) is 2.57. The molecular weight excluding hydrogens is 224 g/mol. The Morgan fingerprint density at radius 2 is 2.22 bits per heavy atom. The zero-order valence-corrected chi connectivity index (χ0v) is 11.4. The lowest BCUT2D eigenvalue weighted by molar-refractivity contribution is 0.285. The van der Waals surface area contributed by atoms with E-state index in [9.17, 15) is 0 Å². The van der Waals surface area contributed by atoms with Crippen LogP contribution in [0.15, 0.2) is 18.2 Å². The van der Waals surface area contributed by atoms with Gasteiger partial charge in [-0.15, -0.1) is 0 Å². The van der Waals surface area contributed by atoms with Gasteiger partial charge >= 0.3 is 0 Å². The smallest absolute Gasteiger partial charge is 0.0431 e. The van der Waals surface area contributed by atoms with Gasteiger partial charge in [-0.1, -0.05) is 12.1 Å². The van der Waals surface area contributed by atoms with Crippen LogP contribution in [0.5, 0.6) is 0 Å². The van der Waals surface area contributed by atoms with E-state index >= 15 is 0 Å². The first-order valence-corrected chi connectivity index (χ1v) is 6.92. The van der Waals surface area contributed by atoms with Crippen LogP contribution in [-0.2, 0) is 6.42 Å². The van der Waals surface area contributed by atoms with Gasteiger partial charge in [0.2, 0.25) is 0 Å². The summed E-state index contributed by atoms with van der Waals surface area (Å²) in [5.74, 6) is 0. The maximum absolute atomic E-state index is 8.83. The van der Waals surface area contributed by atoms with Crippen molar-refractivity contribution in [2.75, 3.05) is 31.6 Å². The van der Waals surface area contributed by atoms with E-state index in [1.54, 1.807) is 0 Å². The summed E-state index contributed by atoms with van der Waals surface area (Å²) in [7, 11) is 2.00. The summed E-state index contributed by atoms with van der Waals surface area (Å²) in [4.78, 5) is 2.44. The molecule has 0 saturated heterocycles. The van der Waals surface area contributed by atoms with Crippen LogP contribution in [0.2, 0.25) is 0 Å². The molecule has 100 valence electrons. The summed E-state index contributed by atoms with van der Waals surface area (Å²) in [6.07, 6.45) is 3.13. The summed E-state index contributed by atoms with van der Waals surface area (Å²) < 4.78 is 0. The van der Waals surface area contributed by atoms with E-state index in [2.05, 4.69) is 35.3 Å². The number of aliphatic hydroxyl groups is 1. The Bertz CT molecular complexity index is 392. The highest BCUT2D eigenvalue weighted by Crippen LogP contribution is 2.30. The van der Waals surface area contributed by atoms with Gasteiger partial charge in [-0.3, -0.25) is 0 Å². The number of benzene rings is 1. The molecule has 0 bridgehead atoms. The fraction of sp³-hybridized carbons (Fsp3) is 0.600. The van der Waals surface area contributed by atoms with Crippen LogP contribution in [0.3, 0.4) is 0 Å². The van der Waals surface area contributed by atoms with Crippen molar-refractivity contribution in [1.29, 1.82) is 0 Å². The summed E-state index contributed by atoms with van der Waals surface area (Å²) in [5.41, 5.74) is 4.23. The van der Waals surface area contributed by atoms with Crippen molar-refractivity contribution in [3.8, 4) is 0 Å². The molecule has 1 heterocycles. The van der Waals surface area contributed by atoms with Gasteiger partial charge in [0.05, 0.1) is 0 Å². The highest BCUT2D eigenvalue weighted by molar-refractivity contribution is 5.59. The molecule has 3 heteroatoms. The van der Waals surface area contributed by atoms with E-state index < -0.39 is 0 Å². The number of anilines is 1. The van der Waals surface area contributed by atoms with E-state index in [0.29, 0.717) is 12.6 Å². The Balaban J connectivity index is 2.05. The second-order valence-corrected chi connectivity index (χ2v) is 5.07. The van der Waals surface area contributed by atoms with Crippen molar-refractivity contribution in [3.63, 3.8) is 0 Å². The Morgan fingerprint density at radius 3 is 2.94 bits per heavy atom. The first-order chi connectivity index (χ1) is 8.76. The molecule has 2 N–H and O–H groups in total. The monoisotopic (exact) mass is 248 g/mol. The first-order valence-electron chi connectivity index (χ1n) is 6.92. The largest absolute Gasteiger partial charge is 0.396 e. The molecular formula is C15H24N2O. The SMILES string of the molecule is CNC(C)c1ccc2c(c1)CCN2CCCCO. The van der Waals surface area contributed by atoms with E-state index in [1.807, 2.05) is 7.05 Å². The molecule has 0 aromatic heterocycles. The van der Waals surface area contributed by atoms with Crippen LogP contribution < -0.4 is 10.2 Å². The second kappa shape index (κ2) is 6.21. The van der Waals surface area contributed by atoms with Gasteiger partial charge in [-0.05, 0) is 50.4 Å². The van der Waals surface area contributed by atoms with E-state index in [-0.39, 0.29) is 0 Å². The second-order valence-electron chi connectivity index (χ2n) is 5.07. The average molecular weight is 248 g/mol. The average Bonchev–Trinajstić information content (AvgIpc) is 2.80. The van der Waals surface area contributed by atoms with Crippen LogP contribution in [0.25, 0.3) is 0 Å². The third kappa shape index (κ3) is 2.85. The minimum absolute atomic E-state index is 0.305. The molecule has 18 heavy (non-hydrogen) atoms. The van der Waals surface area contributed by atoms with E-state index in [0.717, 1.165) is 32.4 Å². The first kappa shape index (κ1) is 13.4. The third-order valence-corrected chi connectivity index (χ3v) is 3.86. The quantitative estimate of drug-likeness (QED) is 0.757. The van der Waals surface area contributed by atoms with E-state index in [1.165, 1.54) is 16.8 Å². The summed E-state index contributed by atoms with van der Waals surface area (Å²) in [5, 5.41) is 12.1. The number of hydrogen-bond donors (Lipinski definition) is 2. The molecule has 0 aliphatic carbocycles. The van der Waals surface area contributed by atoms with Crippen LogP contribution in [0.1, 0.15) is 36.9 Å². The minimum atomic E-state index is 0.305. The molecule has 0 amide bonds. The highest BCUT2D eigenvalue weighted by atomic mass is 16.2. The van der Waals surface area contributed by atoms with Crippen molar-refractivity contribution in [2.24, 2.45) is 0 Å². The molecule has 0 fully saturated rings. The van der Waals surface area contributed by atoms with Crippen LogP contribution >= 0.6 is 0 Å². The number of hydrogen-bond acceptors (Lipinski definition) is 3. The van der Waals surface area contributed by atoms with Crippen molar-refractivity contribution in [2.45, 2.75) is 32.2 Å². The third-order valence-electron chi connectivity index (χ3n) is 3.86. The molecule has 2 rings (SSSR count). The Morgan fingerprint density at radius 1 is 1.39 bits per heavy atom. The Hall–Kier alpha value is -1.06. The minimum Gasteiger partial charge on any atom is -0.396 e. The van der Waals surface area contributed by atoms with Gasteiger partial charge in [0.15, 0.2) is 0 Å². The molecule has 1 aliphatic rings. The fourth-order valence-corrected chi connectivity index (χ4v) is 2.57. The van der Waals surface area contributed by atoms with Gasteiger partial charge in [-0.25, -0.2) is 0 Å². The summed E-state index contributed by atoms with van der Waals surface area (Å²) >= 11 is 0. The number of fused-ring (bicyclic) bond motifs is 1. The van der Waals surface area contributed by atoms with Crippen molar-refractivity contribution in [3.05, 3.63) is 29.3 Å². The number of unbranched alkanes of at least 4 members (excludes halogenated alkanes) is 1. The predicted octanol–water partition coefficient (Wildman–Crippen LogP) is 2.10. The van der Waals surface area contributed by atoms with E-state index in [4.69, 9.17) is 5.11 Å². The number of aliphatic hydroxyl groups excluding tert-OH is 1. The van der Waals surface area contributed by atoms with Gasteiger partial charge < -0.3 is 15.3 Å². The normalized spacial score (nSPS) is 15.8. The lowest BCUT2D eigenvalue weighted by Crippen LogP contribution is -2.21. The molecule has 1 aliphatic heterocycles. The predicted molar refractivity (Wildman–Crippen MR) is 76.2 cm³/mol. The summed E-state index contributed by atoms with van der Waals surface area (Å²) in [6.45, 7) is 4.68. The molecule has 1 aromatic rings. The lowest BCUT2D eigenvalue weighted by Gasteiger charge is -2.20. The molecule has 1 atom stereocenters. The molecule has 0 radical (unpaired) electrons. The van der Waals surface area contributed by atoms with Crippen LogP contribution in [0.4, 0.5) is 5.69 Å². The molecule has 1 aromatic carbocycles. The van der Waals surface area contributed by atoms with Crippen molar-refractivity contribution in [1.82, 2.24) is 5.32 Å². The maximum Gasteiger partial charge on any atom is 0.0431 e. The maximum atomic E-state index is 8.83. The van der Waals surface area contributed by atoms with Gasteiger partial charge in [0.1, 0.15) is 0 Å². The van der Waals surface area contributed by atoms with Gasteiger partial charge in [0.25, 0.3) is 0 Å². The van der Waals surface area contributed by atoms with Crippen molar-refractivity contribution >= 4 is 5.69 Å². The molecule has 0 saturated carbocycles. The zero-order chi connectivity index (χ0) is 13.0. The molecule has 0 spiro atoms. The standard InChI is InChI=1S/C15H24N2O/c1-12(16-2)13-5-6-15-14(11-13)7-9-17(15)8-3-4-10-18/h5-6,11-12,16,18H,3-4,7-10H2,1-2H3. The van der Waals surface area contributed by atoms with Gasteiger partial charge in [0, 0.05) is 31.4 Å². The Kier molecular flexibility index (Phi) is 4.61. The highest BCUT2D eigenvalue weighted by Gasteiger charge is 2.19. The summed E-state index contributed by atoms with van der Waals surface area (Å²) in [6, 6.07) is 7.23. The Labute approximate surface area is 110 Å². The molecule has 3 nitrogen and oxygen atoms in total. The van der Waals surface area contributed by atoms with Crippen molar-refractivity contribution < 1.29 is 5.11 Å². The van der Waals surface area contributed by atoms with Gasteiger partial charge in [-0.2, -0.15) is 0 Å². The number of rotatable bonds is 6. The van der Waals surface area contributed by atoms with Crippen LogP contribution in [-0.4, -0.2) is 31.9 Å². The lowest BCUT2D eigenvalue weighted by atomic mass is 10.0. The zero-order valence-electron chi connectivity index (χ0n) is 11.4. The number of nitrogens with zero attached hydrogens (tertiary/aromatic N) is 1. The molecule has 1 unspecified atom stereocenters. The number of nitrogens with one attached hydrogen (secondary N) is 1.